The summed E-state index contributed by atoms with van der Waals surface area (Å²) in [6, 6.07) is 0. The third-order valence-corrected chi connectivity index (χ3v) is 3.77. The monoisotopic (exact) mass is 278 g/mol. The number of unbranched alkanes of at least 4 members (excludes halogenated alkanes) is 7. The summed E-state index contributed by atoms with van der Waals surface area (Å²) in [6.45, 7) is 0. The molecule has 0 saturated heterocycles. The van der Waals surface area contributed by atoms with Crippen LogP contribution in [0.4, 0.5) is 0 Å². The van der Waals surface area contributed by atoms with Crippen LogP contribution < -0.4 is 0 Å². The molecule has 0 aromatic carbocycles. The molecule has 0 aromatic heterocycles. The first-order chi connectivity index (χ1) is 9.68. The van der Waals surface area contributed by atoms with Gasteiger partial charge in [0.1, 0.15) is 0 Å². The molecule has 0 saturated carbocycles. The van der Waals surface area contributed by atoms with Gasteiger partial charge < -0.3 is 5.11 Å². The average Bonchev–Trinajstić information content (AvgIpc) is 3.19. The van der Waals surface area contributed by atoms with Crippen molar-refractivity contribution in [2.45, 2.75) is 82.7 Å². The number of hydrogen-bond acceptors (Lipinski definition) is 3. The first kappa shape index (κ1) is 16.7. The van der Waals surface area contributed by atoms with Crippen molar-refractivity contribution in [3.63, 3.8) is 0 Å². The molecule has 0 radical (unpaired) electrons. The van der Waals surface area contributed by atoms with E-state index in [1.807, 2.05) is 0 Å². The highest BCUT2D eigenvalue weighted by Gasteiger charge is 2.38. The molecular formula is C16H26N2O2. The molecule has 0 amide bonds. The van der Waals surface area contributed by atoms with Gasteiger partial charge in [-0.1, -0.05) is 38.5 Å². The lowest BCUT2D eigenvalue weighted by Crippen LogP contribution is -2.09. The molecule has 1 N–H and O–H groups in total. The number of carbonyl (C=O) groups is 1. The molecule has 1 rings (SSSR count). The van der Waals surface area contributed by atoms with Gasteiger partial charge in [-0.15, -0.1) is 12.3 Å². The van der Waals surface area contributed by atoms with Crippen LogP contribution in [0.2, 0.25) is 0 Å². The zero-order valence-electron chi connectivity index (χ0n) is 12.3. The predicted molar refractivity (Wildman–Crippen MR) is 79.5 cm³/mol. The van der Waals surface area contributed by atoms with Gasteiger partial charge in [-0.3, -0.25) is 4.79 Å². The number of aliphatic carboxylic acids is 1. The third-order valence-electron chi connectivity index (χ3n) is 3.77. The molecule has 0 aliphatic carbocycles. The van der Waals surface area contributed by atoms with Crippen LogP contribution in [0.5, 0.6) is 0 Å². The third kappa shape index (κ3) is 7.93. The highest BCUT2D eigenvalue weighted by Crippen LogP contribution is 2.38. The van der Waals surface area contributed by atoms with Crippen molar-refractivity contribution in [3.05, 3.63) is 0 Å². The standard InChI is InChI=1S/C16H26N2O2/c1-2-3-13-16(17-18-16)14-11-9-7-5-4-6-8-10-12-15(19)20/h1H,3-14H2,(H,19,20). The fraction of sp³-hybridized carbons (Fsp3) is 0.812. The Kier molecular flexibility index (Phi) is 7.94. The maximum Gasteiger partial charge on any atom is 0.303 e. The second-order valence-electron chi connectivity index (χ2n) is 5.61. The summed E-state index contributed by atoms with van der Waals surface area (Å²) in [4.78, 5) is 10.3. The Hall–Kier alpha value is -1.37. The minimum Gasteiger partial charge on any atom is -0.481 e. The molecule has 0 aromatic rings. The Balaban J connectivity index is 1.81. The molecule has 4 heteroatoms. The molecule has 1 heterocycles. The van der Waals surface area contributed by atoms with Crippen molar-refractivity contribution >= 4 is 5.97 Å². The molecular weight excluding hydrogens is 252 g/mol. The van der Waals surface area contributed by atoms with Gasteiger partial charge in [-0.25, -0.2) is 0 Å². The zero-order valence-corrected chi connectivity index (χ0v) is 12.3. The van der Waals surface area contributed by atoms with E-state index in [0.717, 1.165) is 38.5 Å². The highest BCUT2D eigenvalue weighted by molar-refractivity contribution is 5.66. The summed E-state index contributed by atoms with van der Waals surface area (Å²) < 4.78 is 0. The van der Waals surface area contributed by atoms with Crippen LogP contribution in [0.1, 0.15) is 77.0 Å². The molecule has 1 aliphatic rings. The fourth-order valence-electron chi connectivity index (χ4n) is 2.41. The van der Waals surface area contributed by atoms with Crippen molar-refractivity contribution in [2.75, 3.05) is 0 Å². The summed E-state index contributed by atoms with van der Waals surface area (Å²) in [5.74, 6) is 1.97. The first-order valence-corrected chi connectivity index (χ1v) is 7.78. The normalized spacial score (nSPS) is 14.9. The minimum atomic E-state index is -0.681. The van der Waals surface area contributed by atoms with Gasteiger partial charge in [0.25, 0.3) is 0 Å². The Morgan fingerprint density at radius 3 is 2.00 bits per heavy atom. The van der Waals surface area contributed by atoms with E-state index in [4.69, 9.17) is 11.5 Å². The summed E-state index contributed by atoms with van der Waals surface area (Å²) in [7, 11) is 0. The van der Waals surface area contributed by atoms with E-state index < -0.39 is 5.97 Å². The topological polar surface area (TPSA) is 62.0 Å². The fourth-order valence-corrected chi connectivity index (χ4v) is 2.41. The van der Waals surface area contributed by atoms with Crippen LogP contribution in [-0.4, -0.2) is 16.7 Å². The molecule has 0 atom stereocenters. The number of terminal acetylenes is 1. The maximum absolute atomic E-state index is 10.3. The van der Waals surface area contributed by atoms with E-state index in [1.165, 1.54) is 32.1 Å². The van der Waals surface area contributed by atoms with Crippen molar-refractivity contribution in [3.8, 4) is 12.3 Å². The summed E-state index contributed by atoms with van der Waals surface area (Å²) in [6.07, 6.45) is 17.4. The van der Waals surface area contributed by atoms with Crippen LogP contribution in [-0.2, 0) is 4.79 Å². The van der Waals surface area contributed by atoms with Crippen molar-refractivity contribution < 1.29 is 9.90 Å². The van der Waals surface area contributed by atoms with E-state index in [2.05, 4.69) is 16.1 Å². The lowest BCUT2D eigenvalue weighted by atomic mass is 9.99. The van der Waals surface area contributed by atoms with Gasteiger partial charge in [0.15, 0.2) is 5.66 Å². The average molecular weight is 278 g/mol. The molecule has 1 aliphatic heterocycles. The molecule has 0 unspecified atom stereocenters. The van der Waals surface area contributed by atoms with E-state index in [0.29, 0.717) is 6.42 Å². The van der Waals surface area contributed by atoms with Crippen LogP contribution in [0, 0.1) is 12.3 Å². The lowest BCUT2D eigenvalue weighted by Gasteiger charge is -2.08. The number of carboxylic acid groups (broad SMARTS) is 1. The summed E-state index contributed by atoms with van der Waals surface area (Å²) in [5.41, 5.74) is -0.108. The van der Waals surface area contributed by atoms with Crippen LogP contribution in [0.3, 0.4) is 0 Å². The van der Waals surface area contributed by atoms with Crippen molar-refractivity contribution in [2.24, 2.45) is 10.2 Å². The van der Waals surface area contributed by atoms with Crippen molar-refractivity contribution in [1.29, 1.82) is 0 Å². The first-order valence-electron chi connectivity index (χ1n) is 7.78. The Bertz CT molecular complexity index is 352. The predicted octanol–water partition coefficient (Wildman–Crippen LogP) is 4.55. The minimum absolute atomic E-state index is 0.108. The smallest absolute Gasteiger partial charge is 0.303 e. The van der Waals surface area contributed by atoms with Gasteiger partial charge >= 0.3 is 5.97 Å². The number of nitrogens with zero attached hydrogens (tertiary/aromatic N) is 2. The summed E-state index contributed by atoms with van der Waals surface area (Å²) in [5, 5.41) is 16.8. The van der Waals surface area contributed by atoms with Gasteiger partial charge in [0.2, 0.25) is 0 Å². The van der Waals surface area contributed by atoms with Crippen LogP contribution in [0.25, 0.3) is 0 Å². The maximum atomic E-state index is 10.3. The number of carboxylic acids is 1. The molecule has 4 nitrogen and oxygen atoms in total. The number of hydrogen-bond donors (Lipinski definition) is 1. The lowest BCUT2D eigenvalue weighted by molar-refractivity contribution is -0.137. The van der Waals surface area contributed by atoms with Crippen LogP contribution in [0.15, 0.2) is 10.2 Å². The van der Waals surface area contributed by atoms with Gasteiger partial charge in [-0.2, -0.15) is 10.2 Å². The van der Waals surface area contributed by atoms with Gasteiger partial charge in [0.05, 0.1) is 0 Å². The molecule has 0 spiro atoms. The van der Waals surface area contributed by atoms with E-state index >= 15 is 0 Å². The molecule has 0 fully saturated rings. The summed E-state index contributed by atoms with van der Waals surface area (Å²) >= 11 is 0. The molecule has 20 heavy (non-hydrogen) atoms. The number of rotatable bonds is 13. The van der Waals surface area contributed by atoms with E-state index in [1.54, 1.807) is 0 Å². The Morgan fingerprint density at radius 2 is 1.50 bits per heavy atom. The quantitative estimate of drug-likeness (QED) is 0.397. The Labute approximate surface area is 122 Å². The largest absolute Gasteiger partial charge is 0.481 e. The van der Waals surface area contributed by atoms with Gasteiger partial charge in [0, 0.05) is 19.3 Å². The van der Waals surface area contributed by atoms with E-state index in [9.17, 15) is 4.79 Å². The Morgan fingerprint density at radius 1 is 0.950 bits per heavy atom. The molecule has 112 valence electrons. The van der Waals surface area contributed by atoms with Gasteiger partial charge in [-0.05, 0) is 19.3 Å². The van der Waals surface area contributed by atoms with Crippen molar-refractivity contribution in [1.82, 2.24) is 0 Å². The molecule has 0 bridgehead atoms. The SMILES string of the molecule is C#CCCC1(CCCCCCCCCCC(=O)O)N=N1. The van der Waals surface area contributed by atoms with Crippen LogP contribution >= 0.6 is 0 Å². The second-order valence-corrected chi connectivity index (χ2v) is 5.61. The van der Waals surface area contributed by atoms with E-state index in [-0.39, 0.29) is 5.66 Å². The second kappa shape index (κ2) is 9.52. The highest BCUT2D eigenvalue weighted by atomic mass is 16.4. The zero-order chi connectivity index (χ0) is 14.7.